The molecule has 10 heterocycles. The van der Waals surface area contributed by atoms with Crippen LogP contribution in [0.1, 0.15) is 11.1 Å². The topological polar surface area (TPSA) is 0 Å². The minimum absolute atomic E-state index is 0.763. The van der Waals surface area contributed by atoms with Crippen molar-refractivity contribution in [2.75, 3.05) is 0 Å². The van der Waals surface area contributed by atoms with Gasteiger partial charge in [0.05, 0.1) is 0 Å². The Bertz CT molecular complexity index is 1570. The molecule has 1 heteroatoms. The maximum atomic E-state index is 5.99. The summed E-state index contributed by atoms with van der Waals surface area (Å²) in [7, 11) is 0. The first-order valence-electron chi connectivity index (χ1n) is 10.4. The number of fused-ring (bicyclic) bond motifs is 10. The average Bonchev–Trinajstić information content (AvgIpc) is 3.63. The third kappa shape index (κ3) is 0.174. The predicted molar refractivity (Wildman–Crippen MR) is 102 cm³/mol. The number of rotatable bonds is 0. The third-order valence-corrected chi connectivity index (χ3v) is 59.8. The van der Waals surface area contributed by atoms with E-state index in [1.54, 1.807) is 0 Å². The van der Waals surface area contributed by atoms with Crippen LogP contribution in [0.25, 0.3) is 16.8 Å². The summed E-state index contributed by atoms with van der Waals surface area (Å²) in [5.74, 6) is 3.45. The Kier molecular flexibility index (Phi) is 0.508. The van der Waals surface area contributed by atoms with E-state index >= 15 is 0 Å². The van der Waals surface area contributed by atoms with E-state index in [2.05, 4.69) is 54.5 Å². The molecule has 4 atom stereocenters. The van der Waals surface area contributed by atoms with Gasteiger partial charge in [0.25, 0.3) is 0 Å². The van der Waals surface area contributed by atoms with Gasteiger partial charge in [-0.15, -0.1) is 0 Å². The molecule has 1 spiro atoms. The van der Waals surface area contributed by atoms with Crippen LogP contribution in [0.15, 0.2) is 42.5 Å². The fourth-order valence-corrected chi connectivity index (χ4v) is 91.7. The number of allylic oxidation sites excluding steroid dienone is 1. The first-order chi connectivity index (χ1) is 12.6. The predicted octanol–water partition coefficient (Wildman–Crippen LogP) is 6.79. The molecule has 2 aromatic rings. The maximum absolute atomic E-state index is 5.99. The zero-order valence-electron chi connectivity index (χ0n) is 14.5. The molecule has 10 aliphatic heterocycles. The average molecular weight is 376 g/mol. The standard InChI is InChI=1S/C13H10.C7H5.C5H5.Fe/c1-4-10-6-2-8-12-9-3-7-11(5-1)13(10)12;1-2-7-5-3-4-6-7;1-2-4-5-3-1;/h1-8H,9H2;1,3-6H;1-5H;. The molecule has 0 saturated carbocycles. The van der Waals surface area contributed by atoms with Crippen molar-refractivity contribution in [2.24, 2.45) is 0 Å². The van der Waals surface area contributed by atoms with Gasteiger partial charge in [0, 0.05) is 0 Å². The molecule has 10 saturated heterocycles. The molecule has 26 heavy (non-hydrogen) atoms. The molecular weight excluding hydrogens is 356 g/mol. The normalized spacial score (nSPS) is 82.5. The molecule has 11 aliphatic rings. The summed E-state index contributed by atoms with van der Waals surface area (Å²) in [5.41, 5.74) is 2.81. The molecule has 1 aliphatic carbocycles. The fraction of sp³-hybridized carbons (Fsp3) is 0.440. The Labute approximate surface area is 143 Å². The monoisotopic (exact) mass is 376 g/mol. The first kappa shape index (κ1) is 10.8. The van der Waals surface area contributed by atoms with Gasteiger partial charge in [-0.2, -0.15) is 0 Å². The summed E-state index contributed by atoms with van der Waals surface area (Å²) in [6.45, 7) is -2.74. The van der Waals surface area contributed by atoms with Crippen LogP contribution in [0.4, 0.5) is 0 Å². The Morgan fingerprint density at radius 1 is 0.885 bits per heavy atom. The van der Waals surface area contributed by atoms with Gasteiger partial charge in [-0.25, -0.2) is 0 Å². The van der Waals surface area contributed by atoms with Crippen LogP contribution in [0.3, 0.4) is 0 Å². The van der Waals surface area contributed by atoms with Crippen molar-refractivity contribution in [1.29, 1.82) is 0 Å². The van der Waals surface area contributed by atoms with E-state index in [1.165, 1.54) is 65.2 Å². The van der Waals surface area contributed by atoms with Crippen LogP contribution in [0.2, 0.25) is 47.7 Å². The molecule has 10 fully saturated rings. The molecule has 0 bridgehead atoms. The van der Waals surface area contributed by atoms with Crippen molar-refractivity contribution in [3.8, 4) is 12.3 Å². The second-order valence-corrected chi connectivity index (χ2v) is 36.9. The Hall–Kier alpha value is -1.48. The first-order valence-corrected chi connectivity index (χ1v) is 16.7. The quantitative estimate of drug-likeness (QED) is 0.351. The second-order valence-electron chi connectivity index (χ2n) is 13.3. The van der Waals surface area contributed by atoms with Crippen molar-refractivity contribution in [3.63, 3.8) is 0 Å². The minimum Gasteiger partial charge on any atom is -0.0795 e. The second kappa shape index (κ2) is 1.23. The largest absolute Gasteiger partial charge is 0.0795 e. The molecule has 4 unspecified atom stereocenters. The molecule has 2 aromatic carbocycles. The van der Waals surface area contributed by atoms with Crippen LogP contribution in [0.5, 0.6) is 0 Å². The van der Waals surface area contributed by atoms with E-state index in [4.69, 9.17) is 6.42 Å². The number of benzene rings is 2. The Morgan fingerprint density at radius 2 is 1.54 bits per heavy atom. The van der Waals surface area contributed by atoms with Gasteiger partial charge in [-0.1, -0.05) is 48.6 Å². The van der Waals surface area contributed by atoms with Crippen molar-refractivity contribution in [1.82, 2.24) is 0 Å². The molecule has 0 aromatic heterocycles. The molecule has 0 nitrogen and oxygen atoms in total. The van der Waals surface area contributed by atoms with Gasteiger partial charge in [0.15, 0.2) is 0 Å². The van der Waals surface area contributed by atoms with E-state index in [0.29, 0.717) is 0 Å². The van der Waals surface area contributed by atoms with Crippen molar-refractivity contribution in [3.05, 3.63) is 53.6 Å². The minimum atomic E-state index is -2.74. The smallest absolute Gasteiger partial charge is 0.00763 e. The third-order valence-electron chi connectivity index (χ3n) is 17.6. The molecule has 128 valence electrons. The van der Waals surface area contributed by atoms with Crippen LogP contribution in [0, 0.1) is 12.3 Å². The van der Waals surface area contributed by atoms with Crippen molar-refractivity contribution < 1.29 is 6.51 Å². The number of hydrogen-bond donors (Lipinski definition) is 0. The van der Waals surface area contributed by atoms with Crippen LogP contribution in [-0.2, 0) is 12.9 Å². The van der Waals surface area contributed by atoms with Crippen LogP contribution in [-0.4, -0.2) is 0 Å². The van der Waals surface area contributed by atoms with Crippen molar-refractivity contribution >= 4 is 16.8 Å². The van der Waals surface area contributed by atoms with E-state index in [-0.39, 0.29) is 0 Å². The van der Waals surface area contributed by atoms with E-state index in [0.717, 1.165) is 10.7 Å². The van der Waals surface area contributed by atoms with Crippen LogP contribution >= 0.6 is 0 Å². The molecule has 0 amide bonds. The maximum Gasteiger partial charge on any atom is -0.00763 e. The van der Waals surface area contributed by atoms with Gasteiger partial charge < -0.3 is 0 Å². The molecule has 0 N–H and O–H groups in total. The van der Waals surface area contributed by atoms with Gasteiger partial charge in [0.2, 0.25) is 0 Å². The fourth-order valence-electron chi connectivity index (χ4n) is 18.6. The van der Waals surface area contributed by atoms with E-state index in [9.17, 15) is 0 Å². The van der Waals surface area contributed by atoms with Gasteiger partial charge in [-0.05, 0) is 28.3 Å². The molecular formula is C25H20Fe. The summed E-state index contributed by atoms with van der Waals surface area (Å²) < 4.78 is 0.763. The summed E-state index contributed by atoms with van der Waals surface area (Å²) in [4.78, 5) is 12.6. The number of terminal acetylenes is 1. The summed E-state index contributed by atoms with van der Waals surface area (Å²) >= 11 is 0. The van der Waals surface area contributed by atoms with Crippen LogP contribution < -0.4 is 0 Å². The van der Waals surface area contributed by atoms with Gasteiger partial charge >= 0.3 is 66.5 Å². The van der Waals surface area contributed by atoms with Gasteiger partial charge in [0.1, 0.15) is 0 Å². The Balaban J connectivity index is 0.0000000810. The zero-order valence-corrected chi connectivity index (χ0v) is 15.6. The summed E-state index contributed by atoms with van der Waals surface area (Å²) in [6, 6.07) is 13.0. The summed E-state index contributed by atoms with van der Waals surface area (Å²) in [5, 5.41) is 2.80. The van der Waals surface area contributed by atoms with E-state index in [1.807, 2.05) is 0 Å². The summed E-state index contributed by atoms with van der Waals surface area (Å²) in [6.07, 6.45) is 11.5. The van der Waals surface area contributed by atoms with Crippen molar-refractivity contribution in [2.45, 2.75) is 54.1 Å². The zero-order chi connectivity index (χ0) is 16.4. The number of hydrogen-bond acceptors (Lipinski definition) is 0. The Morgan fingerprint density at radius 3 is 2.04 bits per heavy atom. The van der Waals surface area contributed by atoms with Gasteiger partial charge in [-0.3, -0.25) is 0 Å². The molecule has 13 rings (SSSR count). The van der Waals surface area contributed by atoms with E-state index < -0.39 is 6.51 Å². The SMILES string of the molecule is C#C[C]12[CH]3[CH]4[CH]5[CH]1[Fe]45321678[CH]2[CH]1[CH]6[CH]7[CH]28.C1=Cc2cccc3cccc(c23)C1. The molecule has 0 radical (unpaired) electrons.